The Bertz CT molecular complexity index is 518. The molecule has 0 aliphatic rings. The molecule has 0 amide bonds. The summed E-state index contributed by atoms with van der Waals surface area (Å²) in [4.78, 5) is 8.24. The molecule has 0 atom stereocenters. The third kappa shape index (κ3) is 1.40. The van der Waals surface area contributed by atoms with Crippen LogP contribution < -0.4 is 0 Å². The summed E-state index contributed by atoms with van der Waals surface area (Å²) < 4.78 is 10.6. The molecule has 78 valence electrons. The van der Waals surface area contributed by atoms with Crippen molar-refractivity contribution in [1.29, 1.82) is 0 Å². The van der Waals surface area contributed by atoms with Crippen molar-refractivity contribution < 1.29 is 8.83 Å². The van der Waals surface area contributed by atoms with Crippen LogP contribution in [0.4, 0.5) is 0 Å². The van der Waals surface area contributed by atoms with Crippen molar-refractivity contribution in [1.82, 2.24) is 9.97 Å². The maximum absolute atomic E-state index is 5.28. The van der Waals surface area contributed by atoms with Gasteiger partial charge in [-0.25, -0.2) is 9.97 Å². The molecular formula is C12H8N2O2. The van der Waals surface area contributed by atoms with E-state index >= 15 is 0 Å². The lowest BCUT2D eigenvalue weighted by molar-refractivity contribution is 0.567. The third-order valence-corrected chi connectivity index (χ3v) is 2.25. The van der Waals surface area contributed by atoms with Crippen LogP contribution in [0.15, 0.2) is 58.0 Å². The Hall–Kier alpha value is -2.36. The van der Waals surface area contributed by atoms with Gasteiger partial charge in [0.25, 0.3) is 0 Å². The summed E-state index contributed by atoms with van der Waals surface area (Å²) >= 11 is 0. The highest BCUT2D eigenvalue weighted by atomic mass is 16.3. The molecule has 0 radical (unpaired) electrons. The van der Waals surface area contributed by atoms with E-state index in [0.29, 0.717) is 11.8 Å². The fraction of sp³-hybridized carbons (Fsp3) is 0. The molecule has 0 fully saturated rings. The minimum Gasteiger partial charge on any atom is -0.445 e. The second-order valence-electron chi connectivity index (χ2n) is 3.22. The van der Waals surface area contributed by atoms with Crippen LogP contribution in [0.3, 0.4) is 0 Å². The zero-order valence-electron chi connectivity index (χ0n) is 8.33. The van der Waals surface area contributed by atoms with Gasteiger partial charge in [0.2, 0.25) is 11.8 Å². The highest BCUT2D eigenvalue weighted by Crippen LogP contribution is 2.29. The first-order valence-corrected chi connectivity index (χ1v) is 4.84. The fourth-order valence-corrected chi connectivity index (χ4v) is 1.57. The van der Waals surface area contributed by atoms with E-state index in [1.807, 2.05) is 24.3 Å². The normalized spacial score (nSPS) is 10.5. The van der Waals surface area contributed by atoms with E-state index in [4.69, 9.17) is 8.83 Å². The van der Waals surface area contributed by atoms with E-state index in [1.165, 1.54) is 0 Å². The van der Waals surface area contributed by atoms with Gasteiger partial charge in [-0.3, -0.25) is 0 Å². The predicted molar refractivity (Wildman–Crippen MR) is 57.4 cm³/mol. The highest BCUT2D eigenvalue weighted by molar-refractivity contribution is 5.75. The van der Waals surface area contributed by atoms with Crippen molar-refractivity contribution in [3.05, 3.63) is 49.2 Å². The maximum atomic E-state index is 5.28. The molecule has 1 aromatic carbocycles. The molecule has 4 heteroatoms. The summed E-state index contributed by atoms with van der Waals surface area (Å²) in [6.45, 7) is 0. The number of rotatable bonds is 2. The van der Waals surface area contributed by atoms with Crippen LogP contribution in [0.5, 0.6) is 0 Å². The Morgan fingerprint density at radius 1 is 0.750 bits per heavy atom. The lowest BCUT2D eigenvalue weighted by Crippen LogP contribution is -1.84. The van der Waals surface area contributed by atoms with E-state index < -0.39 is 0 Å². The van der Waals surface area contributed by atoms with Gasteiger partial charge in [0.05, 0.1) is 12.4 Å². The van der Waals surface area contributed by atoms with E-state index in [-0.39, 0.29) is 0 Å². The summed E-state index contributed by atoms with van der Waals surface area (Å²) in [6.07, 6.45) is 6.31. The SMILES string of the molecule is c1ccc(-c2ncco2)c(-c2ncco2)c1. The smallest absolute Gasteiger partial charge is 0.226 e. The van der Waals surface area contributed by atoms with Gasteiger partial charge < -0.3 is 8.83 Å². The first-order valence-electron chi connectivity index (χ1n) is 4.84. The molecule has 0 unspecified atom stereocenters. The van der Waals surface area contributed by atoms with Crippen molar-refractivity contribution in [3.63, 3.8) is 0 Å². The first-order chi connectivity index (χ1) is 7.95. The van der Waals surface area contributed by atoms with Crippen LogP contribution in [0.25, 0.3) is 22.9 Å². The Morgan fingerprint density at radius 2 is 1.25 bits per heavy atom. The van der Waals surface area contributed by atoms with Crippen LogP contribution in [0, 0.1) is 0 Å². The summed E-state index contributed by atoms with van der Waals surface area (Å²) in [5.74, 6) is 1.13. The van der Waals surface area contributed by atoms with Gasteiger partial charge in [-0.1, -0.05) is 12.1 Å². The molecule has 0 spiro atoms. The minimum atomic E-state index is 0.564. The number of oxazole rings is 2. The Morgan fingerprint density at radius 3 is 1.62 bits per heavy atom. The molecule has 2 aromatic heterocycles. The average Bonchev–Trinajstić information content (AvgIpc) is 3.03. The predicted octanol–water partition coefficient (Wildman–Crippen LogP) is 3.00. The van der Waals surface area contributed by atoms with Crippen molar-refractivity contribution in [2.45, 2.75) is 0 Å². The molecule has 2 heterocycles. The third-order valence-electron chi connectivity index (χ3n) is 2.25. The van der Waals surface area contributed by atoms with Crippen LogP contribution >= 0.6 is 0 Å². The van der Waals surface area contributed by atoms with Crippen LogP contribution in [0.2, 0.25) is 0 Å². The van der Waals surface area contributed by atoms with E-state index in [0.717, 1.165) is 11.1 Å². The Balaban J connectivity index is 2.19. The number of hydrogen-bond donors (Lipinski definition) is 0. The van der Waals surface area contributed by atoms with Gasteiger partial charge in [0.15, 0.2) is 0 Å². The van der Waals surface area contributed by atoms with Crippen LogP contribution in [0.1, 0.15) is 0 Å². The topological polar surface area (TPSA) is 52.1 Å². The lowest BCUT2D eigenvalue weighted by atomic mass is 10.1. The summed E-state index contributed by atoms with van der Waals surface area (Å²) in [5.41, 5.74) is 1.74. The second kappa shape index (κ2) is 3.66. The van der Waals surface area contributed by atoms with Gasteiger partial charge in [-0.15, -0.1) is 0 Å². The van der Waals surface area contributed by atoms with Gasteiger partial charge in [0, 0.05) is 11.1 Å². The fourth-order valence-electron chi connectivity index (χ4n) is 1.57. The van der Waals surface area contributed by atoms with Crippen molar-refractivity contribution >= 4 is 0 Å². The molecule has 0 aliphatic heterocycles. The molecular weight excluding hydrogens is 204 g/mol. The second-order valence-corrected chi connectivity index (χ2v) is 3.22. The molecule has 3 rings (SSSR count). The van der Waals surface area contributed by atoms with Crippen LogP contribution in [-0.4, -0.2) is 9.97 Å². The van der Waals surface area contributed by atoms with E-state index in [1.54, 1.807) is 24.9 Å². The van der Waals surface area contributed by atoms with E-state index in [2.05, 4.69) is 9.97 Å². The number of aromatic nitrogens is 2. The Labute approximate surface area is 91.6 Å². The standard InChI is InChI=1S/C12H8N2O2/c1-2-4-10(12-14-6-8-16-12)9(3-1)11-13-5-7-15-11/h1-8H. The number of benzene rings is 1. The summed E-state index contributed by atoms with van der Waals surface area (Å²) in [6, 6.07) is 7.69. The zero-order chi connectivity index (χ0) is 10.8. The summed E-state index contributed by atoms with van der Waals surface area (Å²) in [5, 5.41) is 0. The van der Waals surface area contributed by atoms with Crippen molar-refractivity contribution in [3.8, 4) is 22.9 Å². The molecule has 0 saturated heterocycles. The average molecular weight is 212 g/mol. The monoisotopic (exact) mass is 212 g/mol. The number of nitrogens with zero attached hydrogens (tertiary/aromatic N) is 2. The van der Waals surface area contributed by atoms with E-state index in [9.17, 15) is 0 Å². The van der Waals surface area contributed by atoms with Crippen LogP contribution in [-0.2, 0) is 0 Å². The first kappa shape index (κ1) is 8.91. The molecule has 0 saturated carbocycles. The van der Waals surface area contributed by atoms with Gasteiger partial charge in [0.1, 0.15) is 12.5 Å². The van der Waals surface area contributed by atoms with Gasteiger partial charge in [-0.2, -0.15) is 0 Å². The molecule has 0 N–H and O–H groups in total. The molecule has 4 nitrogen and oxygen atoms in total. The van der Waals surface area contributed by atoms with Gasteiger partial charge >= 0.3 is 0 Å². The molecule has 3 aromatic rings. The quantitative estimate of drug-likeness (QED) is 0.655. The lowest BCUT2D eigenvalue weighted by Gasteiger charge is -2.01. The zero-order valence-corrected chi connectivity index (χ0v) is 8.33. The summed E-state index contributed by atoms with van der Waals surface area (Å²) in [7, 11) is 0. The van der Waals surface area contributed by atoms with Crippen molar-refractivity contribution in [2.24, 2.45) is 0 Å². The number of hydrogen-bond acceptors (Lipinski definition) is 4. The Kier molecular flexibility index (Phi) is 2.04. The highest BCUT2D eigenvalue weighted by Gasteiger charge is 2.12. The maximum Gasteiger partial charge on any atom is 0.226 e. The minimum absolute atomic E-state index is 0.564. The molecule has 16 heavy (non-hydrogen) atoms. The largest absolute Gasteiger partial charge is 0.445 e. The van der Waals surface area contributed by atoms with Gasteiger partial charge in [-0.05, 0) is 12.1 Å². The molecule has 0 aliphatic carbocycles. The molecule has 0 bridgehead atoms. The van der Waals surface area contributed by atoms with Crippen molar-refractivity contribution in [2.75, 3.05) is 0 Å².